The number of rotatable bonds is 6. The summed E-state index contributed by atoms with van der Waals surface area (Å²) in [4.78, 5) is 11.7. The number of nitriles is 1. The minimum absolute atomic E-state index is 0.306. The van der Waals surface area contributed by atoms with E-state index in [-0.39, 0.29) is 6.03 Å². The lowest BCUT2D eigenvalue weighted by Crippen LogP contribution is -2.32. The van der Waals surface area contributed by atoms with Gasteiger partial charge in [-0.3, -0.25) is 0 Å². The van der Waals surface area contributed by atoms with Crippen molar-refractivity contribution >= 4 is 11.7 Å². The molecular formula is C18H19N3O2. The number of anilines is 1. The topological polar surface area (TPSA) is 74.2 Å². The summed E-state index contributed by atoms with van der Waals surface area (Å²) < 4.78 is 5.56. The average Bonchev–Trinajstić information content (AvgIpc) is 2.60. The molecule has 2 amide bonds. The van der Waals surface area contributed by atoms with Crippen molar-refractivity contribution in [1.29, 1.82) is 5.26 Å². The van der Waals surface area contributed by atoms with Gasteiger partial charge in [0.05, 0.1) is 18.2 Å². The molecule has 0 saturated heterocycles. The van der Waals surface area contributed by atoms with Gasteiger partial charge in [0.1, 0.15) is 12.4 Å². The van der Waals surface area contributed by atoms with Crippen molar-refractivity contribution in [3.8, 4) is 11.8 Å². The number of benzene rings is 2. The van der Waals surface area contributed by atoms with Crippen molar-refractivity contribution in [1.82, 2.24) is 5.32 Å². The maximum atomic E-state index is 11.7. The molecule has 2 N–H and O–H groups in total. The largest absolute Gasteiger partial charge is 0.492 e. The van der Waals surface area contributed by atoms with Crippen LogP contribution in [-0.4, -0.2) is 19.2 Å². The van der Waals surface area contributed by atoms with Gasteiger partial charge in [0, 0.05) is 5.69 Å². The third-order valence-corrected chi connectivity index (χ3v) is 3.26. The zero-order valence-corrected chi connectivity index (χ0v) is 13.0. The summed E-state index contributed by atoms with van der Waals surface area (Å²) in [6.07, 6.45) is 0.997. The fourth-order valence-corrected chi connectivity index (χ4v) is 1.96. The van der Waals surface area contributed by atoms with Gasteiger partial charge in [-0.1, -0.05) is 19.1 Å². The second kappa shape index (κ2) is 8.44. The van der Waals surface area contributed by atoms with Gasteiger partial charge in [0.15, 0.2) is 0 Å². The van der Waals surface area contributed by atoms with E-state index in [4.69, 9.17) is 10.00 Å². The van der Waals surface area contributed by atoms with Crippen LogP contribution in [0, 0.1) is 11.3 Å². The molecule has 2 rings (SSSR count). The SMILES string of the molecule is CCc1ccc(OCCNC(=O)Nc2ccc(C#N)cc2)cc1. The van der Waals surface area contributed by atoms with E-state index in [1.807, 2.05) is 30.3 Å². The van der Waals surface area contributed by atoms with Gasteiger partial charge in [-0.25, -0.2) is 4.79 Å². The second-order valence-electron chi connectivity index (χ2n) is 4.92. The third-order valence-electron chi connectivity index (χ3n) is 3.26. The molecule has 2 aromatic rings. The van der Waals surface area contributed by atoms with Gasteiger partial charge >= 0.3 is 6.03 Å². The van der Waals surface area contributed by atoms with E-state index in [0.717, 1.165) is 12.2 Å². The first kappa shape index (κ1) is 16.4. The van der Waals surface area contributed by atoms with E-state index in [2.05, 4.69) is 17.6 Å². The molecule has 23 heavy (non-hydrogen) atoms. The number of nitrogens with zero attached hydrogens (tertiary/aromatic N) is 1. The minimum Gasteiger partial charge on any atom is -0.492 e. The lowest BCUT2D eigenvalue weighted by atomic mass is 10.2. The molecule has 0 fully saturated rings. The lowest BCUT2D eigenvalue weighted by molar-refractivity contribution is 0.247. The number of carbonyl (C=O) groups is 1. The van der Waals surface area contributed by atoms with Gasteiger partial charge in [-0.05, 0) is 48.4 Å². The number of hydrogen-bond donors (Lipinski definition) is 2. The van der Waals surface area contributed by atoms with Crippen molar-refractivity contribution in [3.63, 3.8) is 0 Å². The predicted molar refractivity (Wildman–Crippen MR) is 89.5 cm³/mol. The molecule has 5 heteroatoms. The van der Waals surface area contributed by atoms with Crippen LogP contribution in [-0.2, 0) is 6.42 Å². The van der Waals surface area contributed by atoms with Crippen LogP contribution in [0.3, 0.4) is 0 Å². The van der Waals surface area contributed by atoms with E-state index in [1.54, 1.807) is 24.3 Å². The minimum atomic E-state index is -0.306. The lowest BCUT2D eigenvalue weighted by Gasteiger charge is -2.09. The smallest absolute Gasteiger partial charge is 0.319 e. The fraction of sp³-hybridized carbons (Fsp3) is 0.222. The summed E-state index contributed by atoms with van der Waals surface area (Å²) >= 11 is 0. The van der Waals surface area contributed by atoms with Crippen molar-refractivity contribution in [3.05, 3.63) is 59.7 Å². The Morgan fingerprint density at radius 2 is 1.83 bits per heavy atom. The first-order valence-corrected chi connectivity index (χ1v) is 7.48. The average molecular weight is 309 g/mol. The van der Waals surface area contributed by atoms with Crippen LogP contribution in [0.4, 0.5) is 10.5 Å². The maximum Gasteiger partial charge on any atom is 0.319 e. The highest BCUT2D eigenvalue weighted by Gasteiger charge is 2.01. The second-order valence-corrected chi connectivity index (χ2v) is 4.92. The van der Waals surface area contributed by atoms with Crippen LogP contribution in [0.15, 0.2) is 48.5 Å². The van der Waals surface area contributed by atoms with E-state index in [0.29, 0.717) is 24.4 Å². The number of aryl methyl sites for hydroxylation is 1. The number of carbonyl (C=O) groups excluding carboxylic acids is 1. The van der Waals surface area contributed by atoms with Gasteiger partial charge in [-0.15, -0.1) is 0 Å². The monoisotopic (exact) mass is 309 g/mol. The summed E-state index contributed by atoms with van der Waals surface area (Å²) in [7, 11) is 0. The Hall–Kier alpha value is -3.00. The highest BCUT2D eigenvalue weighted by atomic mass is 16.5. The van der Waals surface area contributed by atoms with Crippen LogP contribution in [0.5, 0.6) is 5.75 Å². The zero-order valence-electron chi connectivity index (χ0n) is 13.0. The summed E-state index contributed by atoms with van der Waals surface area (Å²) in [5.41, 5.74) is 2.45. The van der Waals surface area contributed by atoms with Crippen LogP contribution in [0.25, 0.3) is 0 Å². The summed E-state index contributed by atoms with van der Waals surface area (Å²) in [5.74, 6) is 0.788. The molecule has 0 saturated carbocycles. The molecule has 2 aromatic carbocycles. The normalized spacial score (nSPS) is 9.74. The molecule has 0 heterocycles. The molecule has 0 unspecified atom stereocenters. The van der Waals surface area contributed by atoms with Crippen LogP contribution in [0.2, 0.25) is 0 Å². The predicted octanol–water partition coefficient (Wildman–Crippen LogP) is 3.32. The molecule has 118 valence electrons. The quantitative estimate of drug-likeness (QED) is 0.804. The number of nitrogens with one attached hydrogen (secondary N) is 2. The molecule has 0 atom stereocenters. The molecule has 0 bridgehead atoms. The Bertz CT molecular complexity index is 673. The molecule has 0 aromatic heterocycles. The van der Waals surface area contributed by atoms with Crippen LogP contribution < -0.4 is 15.4 Å². The molecule has 0 aliphatic heterocycles. The molecule has 0 spiro atoms. The van der Waals surface area contributed by atoms with Crippen LogP contribution >= 0.6 is 0 Å². The Labute approximate surface area is 135 Å². The molecule has 0 radical (unpaired) electrons. The van der Waals surface area contributed by atoms with Gasteiger partial charge < -0.3 is 15.4 Å². The van der Waals surface area contributed by atoms with E-state index in [1.165, 1.54) is 5.56 Å². The first-order valence-electron chi connectivity index (χ1n) is 7.48. The highest BCUT2D eigenvalue weighted by molar-refractivity contribution is 5.89. The summed E-state index contributed by atoms with van der Waals surface area (Å²) in [6.45, 7) is 2.90. The van der Waals surface area contributed by atoms with Gasteiger partial charge in [0.25, 0.3) is 0 Å². The van der Waals surface area contributed by atoms with Crippen molar-refractivity contribution in [2.24, 2.45) is 0 Å². The Balaban J connectivity index is 1.68. The van der Waals surface area contributed by atoms with Crippen molar-refractivity contribution in [2.75, 3.05) is 18.5 Å². The van der Waals surface area contributed by atoms with E-state index in [9.17, 15) is 4.79 Å². The number of urea groups is 1. The molecular weight excluding hydrogens is 290 g/mol. The Morgan fingerprint density at radius 3 is 2.43 bits per heavy atom. The zero-order chi connectivity index (χ0) is 16.5. The fourth-order valence-electron chi connectivity index (χ4n) is 1.96. The molecule has 5 nitrogen and oxygen atoms in total. The maximum absolute atomic E-state index is 11.7. The van der Waals surface area contributed by atoms with E-state index >= 15 is 0 Å². The van der Waals surface area contributed by atoms with E-state index < -0.39 is 0 Å². The third kappa shape index (κ3) is 5.36. The van der Waals surface area contributed by atoms with Crippen molar-refractivity contribution in [2.45, 2.75) is 13.3 Å². The Kier molecular flexibility index (Phi) is 6.01. The summed E-state index contributed by atoms with van der Waals surface area (Å²) in [5, 5.41) is 14.1. The first-order chi connectivity index (χ1) is 11.2. The van der Waals surface area contributed by atoms with Crippen molar-refractivity contribution < 1.29 is 9.53 Å². The number of hydrogen-bond acceptors (Lipinski definition) is 3. The molecule has 0 aliphatic rings. The Morgan fingerprint density at radius 1 is 1.13 bits per heavy atom. The number of ether oxygens (including phenoxy) is 1. The van der Waals surface area contributed by atoms with Gasteiger partial charge in [-0.2, -0.15) is 5.26 Å². The highest BCUT2D eigenvalue weighted by Crippen LogP contribution is 2.12. The van der Waals surface area contributed by atoms with Crippen LogP contribution in [0.1, 0.15) is 18.1 Å². The number of amides is 2. The summed E-state index contributed by atoms with van der Waals surface area (Å²) in [6, 6.07) is 16.3. The van der Waals surface area contributed by atoms with Gasteiger partial charge in [0.2, 0.25) is 0 Å². The molecule has 0 aliphatic carbocycles. The standard InChI is InChI=1S/C18H19N3O2/c1-2-14-5-9-17(10-6-14)23-12-11-20-18(22)21-16-7-3-15(13-19)4-8-16/h3-10H,2,11-12H2,1H3,(H2,20,21,22).